The molecular weight excluding hydrogens is 482 g/mol. The average molecular weight is 516 g/mol. The number of thiophene rings is 1. The number of amides is 1. The van der Waals surface area contributed by atoms with Crippen molar-refractivity contribution in [1.29, 1.82) is 0 Å². The quantitative estimate of drug-likeness (QED) is 0.519. The van der Waals surface area contributed by atoms with E-state index in [1.807, 2.05) is 13.8 Å². The topological polar surface area (TPSA) is 117 Å². The van der Waals surface area contributed by atoms with Crippen molar-refractivity contribution in [3.63, 3.8) is 0 Å². The molecule has 194 valence electrons. The number of nitrogens with zero attached hydrogens (tertiary/aromatic N) is 7. The van der Waals surface area contributed by atoms with Crippen LogP contribution in [0.4, 0.5) is 5.82 Å². The third kappa shape index (κ3) is 5.89. The van der Waals surface area contributed by atoms with Crippen LogP contribution < -0.4 is 9.64 Å². The van der Waals surface area contributed by atoms with Gasteiger partial charge in [0, 0.05) is 63.1 Å². The second-order valence-corrected chi connectivity index (χ2v) is 9.31. The lowest BCUT2D eigenvalue weighted by Gasteiger charge is -2.34. The Morgan fingerprint density at radius 1 is 1.08 bits per heavy atom. The fraction of sp³-hybridized carbons (Fsp3) is 0.542. The van der Waals surface area contributed by atoms with E-state index in [4.69, 9.17) is 24.5 Å². The van der Waals surface area contributed by atoms with Gasteiger partial charge in [-0.05, 0) is 6.07 Å². The molecule has 3 aromatic heterocycles. The molecule has 11 nitrogen and oxygen atoms in total. The number of ether oxygens (including phenoxy) is 2. The summed E-state index contributed by atoms with van der Waals surface area (Å²) in [7, 11) is 1.53. The summed E-state index contributed by atoms with van der Waals surface area (Å²) < 4.78 is 11.7. The molecule has 36 heavy (non-hydrogen) atoms. The second-order valence-electron chi connectivity index (χ2n) is 8.17. The number of fused-ring (bicyclic) bond motifs is 1. The minimum atomic E-state index is -0.430. The van der Waals surface area contributed by atoms with Gasteiger partial charge in [-0.25, -0.2) is 19.9 Å². The summed E-state index contributed by atoms with van der Waals surface area (Å²) in [6.07, 6.45) is 3.35. The van der Waals surface area contributed by atoms with Crippen LogP contribution in [0.25, 0.3) is 21.6 Å². The fourth-order valence-electron chi connectivity index (χ4n) is 4.17. The summed E-state index contributed by atoms with van der Waals surface area (Å²) in [4.78, 5) is 37.4. The number of aliphatic hydroxyl groups is 1. The Labute approximate surface area is 214 Å². The fourth-order valence-corrected chi connectivity index (χ4v) is 5.33. The Morgan fingerprint density at radius 3 is 2.42 bits per heavy atom. The van der Waals surface area contributed by atoms with Crippen LogP contribution >= 0.6 is 11.3 Å². The molecule has 3 aromatic rings. The third-order valence-electron chi connectivity index (χ3n) is 6.02. The van der Waals surface area contributed by atoms with E-state index in [2.05, 4.69) is 25.8 Å². The molecule has 0 atom stereocenters. The highest BCUT2D eigenvalue weighted by Crippen LogP contribution is 2.35. The monoisotopic (exact) mass is 515 g/mol. The van der Waals surface area contributed by atoms with Crippen molar-refractivity contribution in [2.24, 2.45) is 0 Å². The number of morpholine rings is 1. The Hall–Kier alpha value is -2.93. The van der Waals surface area contributed by atoms with Crippen molar-refractivity contribution >= 4 is 33.3 Å². The van der Waals surface area contributed by atoms with Gasteiger partial charge >= 0.3 is 6.01 Å². The van der Waals surface area contributed by atoms with Gasteiger partial charge in [0.15, 0.2) is 11.6 Å². The second kappa shape index (κ2) is 12.3. The van der Waals surface area contributed by atoms with Gasteiger partial charge in [-0.3, -0.25) is 9.69 Å². The van der Waals surface area contributed by atoms with Gasteiger partial charge in [0.05, 0.1) is 36.1 Å². The van der Waals surface area contributed by atoms with Crippen LogP contribution in [-0.4, -0.2) is 107 Å². The normalized spacial score (nSPS) is 16.6. The van der Waals surface area contributed by atoms with Gasteiger partial charge < -0.3 is 24.4 Å². The summed E-state index contributed by atoms with van der Waals surface area (Å²) in [5.41, 5.74) is 1.63. The maximum atomic E-state index is 11.7. The van der Waals surface area contributed by atoms with E-state index in [0.717, 1.165) is 54.3 Å². The van der Waals surface area contributed by atoms with Crippen LogP contribution in [0.3, 0.4) is 0 Å². The van der Waals surface area contributed by atoms with E-state index in [1.165, 1.54) is 12.0 Å². The molecule has 2 aliphatic heterocycles. The number of hydrogen-bond acceptors (Lipinski definition) is 11. The summed E-state index contributed by atoms with van der Waals surface area (Å²) >= 11 is 1.71. The maximum absolute atomic E-state index is 11.7. The first-order chi connectivity index (χ1) is 17.6. The summed E-state index contributed by atoms with van der Waals surface area (Å²) in [5.74, 6) is 1.29. The molecule has 0 unspecified atom stereocenters. The molecule has 0 saturated carbocycles. The number of carbonyl (C=O) groups excluding carboxylic acids is 1. The van der Waals surface area contributed by atoms with Crippen molar-refractivity contribution in [2.75, 3.05) is 71.1 Å². The van der Waals surface area contributed by atoms with Crippen LogP contribution in [0.5, 0.6) is 6.01 Å². The molecule has 2 fully saturated rings. The van der Waals surface area contributed by atoms with Crippen molar-refractivity contribution in [1.82, 2.24) is 29.7 Å². The summed E-state index contributed by atoms with van der Waals surface area (Å²) in [6.45, 7) is 10.1. The lowest BCUT2D eigenvalue weighted by atomic mass is 10.2. The van der Waals surface area contributed by atoms with Crippen LogP contribution in [0.1, 0.15) is 18.7 Å². The number of carbonyl (C=O) groups is 1. The van der Waals surface area contributed by atoms with E-state index in [1.54, 1.807) is 28.6 Å². The zero-order valence-electron chi connectivity index (χ0n) is 21.0. The van der Waals surface area contributed by atoms with Gasteiger partial charge in [0.1, 0.15) is 6.61 Å². The van der Waals surface area contributed by atoms with Gasteiger partial charge in [0.2, 0.25) is 5.91 Å². The number of aromatic nitrogens is 4. The Kier molecular flexibility index (Phi) is 8.97. The smallest absolute Gasteiger partial charge is 0.316 e. The lowest BCUT2D eigenvalue weighted by Crippen LogP contribution is -2.49. The molecule has 0 bridgehead atoms. The minimum Gasteiger partial charge on any atom is -0.467 e. The van der Waals surface area contributed by atoms with Crippen LogP contribution in [-0.2, 0) is 16.1 Å². The summed E-state index contributed by atoms with van der Waals surface area (Å²) in [5, 5.41) is 9.09. The van der Waals surface area contributed by atoms with Crippen LogP contribution in [0, 0.1) is 0 Å². The first kappa shape index (κ1) is 26.1. The summed E-state index contributed by atoms with van der Waals surface area (Å²) in [6, 6.07) is 2.43. The molecule has 0 aliphatic carbocycles. The Balaban J connectivity index is 0.00000148. The molecule has 0 radical (unpaired) electrons. The largest absolute Gasteiger partial charge is 0.467 e. The number of hydrogen-bond donors (Lipinski definition) is 1. The van der Waals surface area contributed by atoms with E-state index in [-0.39, 0.29) is 5.91 Å². The van der Waals surface area contributed by atoms with E-state index < -0.39 is 6.61 Å². The molecule has 12 heteroatoms. The number of rotatable bonds is 6. The molecule has 5 rings (SSSR count). The first-order valence-electron chi connectivity index (χ1n) is 12.2. The average Bonchev–Trinajstić information content (AvgIpc) is 3.36. The highest BCUT2D eigenvalue weighted by atomic mass is 32.1. The highest BCUT2D eigenvalue weighted by molar-refractivity contribution is 7.19. The molecule has 2 saturated heterocycles. The van der Waals surface area contributed by atoms with Crippen molar-refractivity contribution in [3.05, 3.63) is 23.3 Å². The van der Waals surface area contributed by atoms with Gasteiger partial charge in [-0.2, -0.15) is 0 Å². The van der Waals surface area contributed by atoms with Crippen molar-refractivity contribution < 1.29 is 19.4 Å². The third-order valence-corrected chi connectivity index (χ3v) is 7.13. The zero-order chi connectivity index (χ0) is 25.5. The highest BCUT2D eigenvalue weighted by Gasteiger charge is 2.23. The van der Waals surface area contributed by atoms with E-state index >= 15 is 0 Å². The van der Waals surface area contributed by atoms with Crippen molar-refractivity contribution in [3.8, 4) is 17.4 Å². The minimum absolute atomic E-state index is 0.206. The molecule has 1 N–H and O–H groups in total. The molecule has 2 aliphatic rings. The SMILES string of the molecule is CC.COc1ncc(-c2nc(N3CCOCC3)c3sc(CN4CCN(C(=O)CO)CC4)cc3n2)cn1. The predicted molar refractivity (Wildman–Crippen MR) is 138 cm³/mol. The molecule has 1 amide bonds. The van der Waals surface area contributed by atoms with E-state index in [9.17, 15) is 4.79 Å². The molecule has 5 heterocycles. The maximum Gasteiger partial charge on any atom is 0.316 e. The molecule has 0 spiro atoms. The van der Waals surface area contributed by atoms with Crippen LogP contribution in [0.2, 0.25) is 0 Å². The molecular formula is C24H33N7O4S. The Bertz CT molecular complexity index is 1140. The van der Waals surface area contributed by atoms with Crippen LogP contribution in [0.15, 0.2) is 18.5 Å². The first-order valence-corrected chi connectivity index (χ1v) is 13.1. The van der Waals surface area contributed by atoms with Gasteiger partial charge in [-0.1, -0.05) is 13.8 Å². The molecule has 0 aromatic carbocycles. The van der Waals surface area contributed by atoms with Gasteiger partial charge in [-0.15, -0.1) is 11.3 Å². The number of anilines is 1. The van der Waals surface area contributed by atoms with E-state index in [0.29, 0.717) is 38.1 Å². The van der Waals surface area contributed by atoms with Gasteiger partial charge in [0.25, 0.3) is 0 Å². The lowest BCUT2D eigenvalue weighted by molar-refractivity contribution is -0.135. The Morgan fingerprint density at radius 2 is 1.78 bits per heavy atom. The standard InChI is InChI=1S/C22H27N7O4S.C2H6/c1-32-22-23-11-15(12-24-22)20-25-17-10-16(13-27-2-4-28(5-3-27)18(31)14-30)34-19(17)21(26-20)29-6-8-33-9-7-29;1-2/h10-12,30H,2-9,13-14H2,1H3;1-2H3. The number of piperazine rings is 1. The zero-order valence-corrected chi connectivity index (χ0v) is 21.8. The number of methoxy groups -OCH3 is 1. The predicted octanol–water partition coefficient (Wildman–Crippen LogP) is 1.66. The number of aliphatic hydroxyl groups excluding tert-OH is 1. The van der Waals surface area contributed by atoms with Crippen molar-refractivity contribution in [2.45, 2.75) is 20.4 Å².